The van der Waals surface area contributed by atoms with Crippen molar-refractivity contribution in [2.45, 2.75) is 6.42 Å². The third-order valence-electron chi connectivity index (χ3n) is 4.72. The van der Waals surface area contributed by atoms with Crippen LogP contribution in [0.3, 0.4) is 0 Å². The van der Waals surface area contributed by atoms with Crippen molar-refractivity contribution in [3.8, 4) is 0 Å². The molecule has 1 aromatic heterocycles. The molecule has 3 amide bonds. The standard InChI is InChI=1S/C22H18FN3O3S/c23-16-7-5-14(6-8-16)11-19-21(28)26(22(29)30-19)10-9-24-20(27)12-15-13-25-18-4-2-1-3-17(15)18/h1-8,11,13,25H,9-10,12H2,(H,24,27)/b19-11-. The Kier molecular flexibility index (Phi) is 5.67. The average Bonchev–Trinajstić information content (AvgIpc) is 3.25. The highest BCUT2D eigenvalue weighted by atomic mass is 32.2. The second-order valence-corrected chi connectivity index (χ2v) is 7.76. The molecule has 8 heteroatoms. The van der Waals surface area contributed by atoms with Crippen LogP contribution >= 0.6 is 11.8 Å². The van der Waals surface area contributed by atoms with Gasteiger partial charge in [0, 0.05) is 30.2 Å². The number of nitrogens with one attached hydrogen (secondary N) is 2. The third kappa shape index (κ3) is 4.28. The van der Waals surface area contributed by atoms with Gasteiger partial charge in [0.1, 0.15) is 5.82 Å². The Hall–Kier alpha value is -3.39. The van der Waals surface area contributed by atoms with Gasteiger partial charge in [-0.1, -0.05) is 30.3 Å². The highest BCUT2D eigenvalue weighted by Crippen LogP contribution is 2.31. The molecule has 0 atom stereocenters. The molecule has 0 spiro atoms. The molecule has 2 heterocycles. The summed E-state index contributed by atoms with van der Waals surface area (Å²) in [6.45, 7) is 0.258. The van der Waals surface area contributed by atoms with E-state index in [1.54, 1.807) is 12.3 Å². The molecule has 2 N–H and O–H groups in total. The van der Waals surface area contributed by atoms with Crippen molar-refractivity contribution >= 4 is 45.8 Å². The van der Waals surface area contributed by atoms with Crippen LogP contribution in [0.25, 0.3) is 17.0 Å². The van der Waals surface area contributed by atoms with Crippen molar-refractivity contribution in [1.82, 2.24) is 15.2 Å². The van der Waals surface area contributed by atoms with E-state index < -0.39 is 5.91 Å². The zero-order valence-electron chi connectivity index (χ0n) is 15.9. The number of carbonyl (C=O) groups is 3. The van der Waals surface area contributed by atoms with Gasteiger partial charge in [0.05, 0.1) is 11.3 Å². The van der Waals surface area contributed by atoms with E-state index in [0.717, 1.165) is 33.1 Å². The predicted molar refractivity (Wildman–Crippen MR) is 114 cm³/mol. The normalized spacial score (nSPS) is 15.4. The van der Waals surface area contributed by atoms with E-state index >= 15 is 0 Å². The Morgan fingerprint density at radius 1 is 1.13 bits per heavy atom. The van der Waals surface area contributed by atoms with Gasteiger partial charge >= 0.3 is 0 Å². The van der Waals surface area contributed by atoms with E-state index in [9.17, 15) is 18.8 Å². The van der Waals surface area contributed by atoms with Gasteiger partial charge in [0.2, 0.25) is 5.91 Å². The van der Waals surface area contributed by atoms with Crippen LogP contribution in [0.4, 0.5) is 9.18 Å². The number of hydrogen-bond acceptors (Lipinski definition) is 4. The molecule has 0 bridgehead atoms. The summed E-state index contributed by atoms with van der Waals surface area (Å²) in [5, 5.41) is 3.36. The highest BCUT2D eigenvalue weighted by Gasteiger charge is 2.34. The number of nitrogens with zero attached hydrogens (tertiary/aromatic N) is 1. The molecule has 6 nitrogen and oxygen atoms in total. The van der Waals surface area contributed by atoms with E-state index in [4.69, 9.17) is 0 Å². The third-order valence-corrected chi connectivity index (χ3v) is 5.63. The van der Waals surface area contributed by atoms with Gasteiger partial charge in [-0.25, -0.2) is 4.39 Å². The lowest BCUT2D eigenvalue weighted by atomic mass is 10.1. The fraction of sp³-hybridized carbons (Fsp3) is 0.136. The molecule has 4 rings (SSSR count). The number of H-pyrrole nitrogens is 1. The number of para-hydroxylation sites is 1. The lowest BCUT2D eigenvalue weighted by Crippen LogP contribution is -2.37. The monoisotopic (exact) mass is 423 g/mol. The van der Waals surface area contributed by atoms with Crippen molar-refractivity contribution in [2.75, 3.05) is 13.1 Å². The highest BCUT2D eigenvalue weighted by molar-refractivity contribution is 8.18. The molecule has 1 aliphatic rings. The lowest BCUT2D eigenvalue weighted by Gasteiger charge is -2.13. The number of thioether (sulfide) groups is 1. The largest absolute Gasteiger partial charge is 0.361 e. The van der Waals surface area contributed by atoms with Crippen LogP contribution in [-0.4, -0.2) is 40.0 Å². The molecule has 0 radical (unpaired) electrons. The van der Waals surface area contributed by atoms with E-state index in [0.29, 0.717) is 5.56 Å². The number of amides is 3. The number of aromatic nitrogens is 1. The topological polar surface area (TPSA) is 82.3 Å². The van der Waals surface area contributed by atoms with E-state index in [-0.39, 0.29) is 41.4 Å². The summed E-state index contributed by atoms with van der Waals surface area (Å²) in [4.78, 5) is 41.4. The predicted octanol–water partition coefficient (Wildman–Crippen LogP) is 3.70. The summed E-state index contributed by atoms with van der Waals surface area (Å²) in [5.74, 6) is -0.975. The fourth-order valence-electron chi connectivity index (χ4n) is 3.22. The van der Waals surface area contributed by atoms with Crippen LogP contribution in [0.15, 0.2) is 59.6 Å². The number of aromatic amines is 1. The Morgan fingerprint density at radius 3 is 2.70 bits per heavy atom. The van der Waals surface area contributed by atoms with E-state index in [2.05, 4.69) is 10.3 Å². The SMILES string of the molecule is O=C(Cc1c[nH]c2ccccc12)NCCN1C(=O)S/C(=C\c2ccc(F)cc2)C1=O. The molecule has 1 aliphatic heterocycles. The summed E-state index contributed by atoms with van der Waals surface area (Å²) in [5.41, 5.74) is 2.48. The minimum absolute atomic E-state index is 0.0883. The quantitative estimate of drug-likeness (QED) is 0.593. The van der Waals surface area contributed by atoms with Gasteiger partial charge < -0.3 is 10.3 Å². The van der Waals surface area contributed by atoms with Crippen LogP contribution in [0.2, 0.25) is 0 Å². The van der Waals surface area contributed by atoms with Crippen LogP contribution < -0.4 is 5.32 Å². The number of fused-ring (bicyclic) bond motifs is 1. The molecule has 1 saturated heterocycles. The first-order valence-electron chi connectivity index (χ1n) is 9.34. The van der Waals surface area contributed by atoms with Gasteiger partial charge in [0.25, 0.3) is 11.1 Å². The second kappa shape index (κ2) is 8.54. The summed E-state index contributed by atoms with van der Waals surface area (Å²) in [6, 6.07) is 13.4. The minimum Gasteiger partial charge on any atom is -0.361 e. The summed E-state index contributed by atoms with van der Waals surface area (Å²) in [6.07, 6.45) is 3.57. The molecule has 0 saturated carbocycles. The number of halogens is 1. The number of rotatable bonds is 6. The van der Waals surface area contributed by atoms with Crippen LogP contribution in [0, 0.1) is 5.82 Å². The summed E-state index contributed by atoms with van der Waals surface area (Å²) in [7, 11) is 0. The van der Waals surface area contributed by atoms with Crippen molar-refractivity contribution in [2.24, 2.45) is 0 Å². The minimum atomic E-state index is -0.416. The van der Waals surface area contributed by atoms with Crippen molar-refractivity contribution in [3.63, 3.8) is 0 Å². The molecule has 1 fully saturated rings. The van der Waals surface area contributed by atoms with Crippen LogP contribution in [0.5, 0.6) is 0 Å². The molecule has 30 heavy (non-hydrogen) atoms. The Bertz CT molecular complexity index is 1150. The Morgan fingerprint density at radius 2 is 1.90 bits per heavy atom. The Labute approximate surface area is 176 Å². The molecule has 2 aromatic carbocycles. The van der Waals surface area contributed by atoms with E-state index in [1.807, 2.05) is 24.3 Å². The van der Waals surface area contributed by atoms with Gasteiger partial charge in [0.15, 0.2) is 0 Å². The maximum atomic E-state index is 13.0. The molecule has 0 aliphatic carbocycles. The zero-order valence-corrected chi connectivity index (χ0v) is 16.7. The van der Waals surface area contributed by atoms with Crippen molar-refractivity contribution in [3.05, 3.63) is 76.6 Å². The van der Waals surface area contributed by atoms with Crippen molar-refractivity contribution < 1.29 is 18.8 Å². The van der Waals surface area contributed by atoms with Gasteiger partial charge in [-0.3, -0.25) is 19.3 Å². The first-order chi connectivity index (χ1) is 14.5. The molecule has 0 unspecified atom stereocenters. The first kappa shape index (κ1) is 19.9. The van der Waals surface area contributed by atoms with Gasteiger partial charge in [-0.05, 0) is 47.2 Å². The van der Waals surface area contributed by atoms with E-state index in [1.165, 1.54) is 24.3 Å². The van der Waals surface area contributed by atoms with Gasteiger partial charge in [-0.15, -0.1) is 0 Å². The van der Waals surface area contributed by atoms with Crippen LogP contribution in [-0.2, 0) is 16.0 Å². The maximum Gasteiger partial charge on any atom is 0.293 e. The van der Waals surface area contributed by atoms with Crippen molar-refractivity contribution in [1.29, 1.82) is 0 Å². The fourth-order valence-corrected chi connectivity index (χ4v) is 4.09. The maximum absolute atomic E-state index is 13.0. The first-order valence-corrected chi connectivity index (χ1v) is 10.2. The molecule has 3 aromatic rings. The summed E-state index contributed by atoms with van der Waals surface area (Å²) >= 11 is 0.833. The average molecular weight is 423 g/mol. The molecular weight excluding hydrogens is 405 g/mol. The zero-order chi connectivity index (χ0) is 21.1. The summed E-state index contributed by atoms with van der Waals surface area (Å²) < 4.78 is 13.0. The number of carbonyl (C=O) groups excluding carboxylic acids is 3. The number of hydrogen-bond donors (Lipinski definition) is 2. The number of benzene rings is 2. The number of imide groups is 1. The smallest absolute Gasteiger partial charge is 0.293 e. The molecule has 152 valence electrons. The Balaban J connectivity index is 1.32. The van der Waals surface area contributed by atoms with Gasteiger partial charge in [-0.2, -0.15) is 0 Å². The molecular formula is C22H18FN3O3S. The lowest BCUT2D eigenvalue weighted by molar-refractivity contribution is -0.124. The second-order valence-electron chi connectivity index (χ2n) is 6.77. The van der Waals surface area contributed by atoms with Crippen LogP contribution in [0.1, 0.15) is 11.1 Å².